The SMILES string of the molecule is CC(C)=CCC[C@@H](C)[C@H]1CC[C@@]2(C)C3=C(CC[C@H]12)[C@@]1(C)CCC(O)C(C)(C)[C@@H]1CC3. The molecule has 0 aliphatic heterocycles. The van der Waals surface area contributed by atoms with Crippen molar-refractivity contribution >= 4 is 0 Å². The van der Waals surface area contributed by atoms with Crippen LogP contribution in [0.3, 0.4) is 0 Å². The van der Waals surface area contributed by atoms with Gasteiger partial charge in [0.15, 0.2) is 0 Å². The van der Waals surface area contributed by atoms with Gasteiger partial charge in [0.2, 0.25) is 0 Å². The zero-order valence-corrected chi connectivity index (χ0v) is 21.0. The highest BCUT2D eigenvalue weighted by atomic mass is 16.3. The summed E-state index contributed by atoms with van der Waals surface area (Å²) >= 11 is 0. The fourth-order valence-corrected chi connectivity index (χ4v) is 9.00. The summed E-state index contributed by atoms with van der Waals surface area (Å²) < 4.78 is 0. The van der Waals surface area contributed by atoms with Gasteiger partial charge in [-0.05, 0) is 118 Å². The molecule has 0 radical (unpaired) electrons. The van der Waals surface area contributed by atoms with E-state index in [0.717, 1.165) is 24.2 Å². The Morgan fingerprint density at radius 2 is 1.60 bits per heavy atom. The molecule has 0 aromatic carbocycles. The van der Waals surface area contributed by atoms with Crippen LogP contribution in [0.2, 0.25) is 0 Å². The number of hydrogen-bond acceptors (Lipinski definition) is 1. The Bertz CT molecular complexity index is 723. The zero-order chi connectivity index (χ0) is 21.9. The molecule has 1 heteroatoms. The highest BCUT2D eigenvalue weighted by molar-refractivity contribution is 5.37. The topological polar surface area (TPSA) is 20.2 Å². The van der Waals surface area contributed by atoms with E-state index in [2.05, 4.69) is 54.5 Å². The molecule has 0 spiro atoms. The minimum Gasteiger partial charge on any atom is -0.393 e. The molecule has 2 saturated carbocycles. The first kappa shape index (κ1) is 22.6. The van der Waals surface area contributed by atoms with Gasteiger partial charge >= 0.3 is 0 Å². The number of aliphatic hydroxyl groups excluding tert-OH is 1. The maximum Gasteiger partial charge on any atom is 0.0594 e. The van der Waals surface area contributed by atoms with Crippen molar-refractivity contribution in [2.45, 2.75) is 119 Å². The Labute approximate surface area is 186 Å². The van der Waals surface area contributed by atoms with Crippen molar-refractivity contribution in [3.8, 4) is 0 Å². The fraction of sp³-hybridized carbons (Fsp3) is 0.862. The van der Waals surface area contributed by atoms with Crippen molar-refractivity contribution < 1.29 is 5.11 Å². The summed E-state index contributed by atoms with van der Waals surface area (Å²) in [4.78, 5) is 0. The normalized spacial score (nSPS) is 43.5. The molecular weight excluding hydrogens is 364 g/mol. The molecule has 1 nitrogen and oxygen atoms in total. The third kappa shape index (κ3) is 3.37. The van der Waals surface area contributed by atoms with Gasteiger partial charge in [-0.15, -0.1) is 0 Å². The Kier molecular flexibility index (Phi) is 5.87. The lowest BCUT2D eigenvalue weighted by Gasteiger charge is -2.60. The van der Waals surface area contributed by atoms with E-state index in [1.807, 2.05) is 11.1 Å². The Balaban J connectivity index is 1.59. The van der Waals surface area contributed by atoms with Crippen LogP contribution in [0.15, 0.2) is 22.8 Å². The lowest BCUT2D eigenvalue weighted by molar-refractivity contribution is -0.0931. The van der Waals surface area contributed by atoms with E-state index in [1.165, 1.54) is 63.4 Å². The second-order valence-electron chi connectivity index (χ2n) is 12.9. The van der Waals surface area contributed by atoms with Gasteiger partial charge in [0, 0.05) is 0 Å². The molecule has 0 amide bonds. The molecule has 0 heterocycles. The van der Waals surface area contributed by atoms with Crippen molar-refractivity contribution in [1.29, 1.82) is 0 Å². The van der Waals surface area contributed by atoms with Gasteiger partial charge in [-0.3, -0.25) is 0 Å². The molecule has 170 valence electrons. The number of fused-ring (bicyclic) bond motifs is 4. The Morgan fingerprint density at radius 3 is 2.30 bits per heavy atom. The molecule has 0 aromatic rings. The molecule has 4 rings (SSSR count). The Hall–Kier alpha value is -0.560. The minimum absolute atomic E-state index is 0.0565. The first-order chi connectivity index (χ1) is 14.0. The van der Waals surface area contributed by atoms with Crippen molar-refractivity contribution in [1.82, 2.24) is 0 Å². The molecule has 0 aromatic heterocycles. The second-order valence-corrected chi connectivity index (χ2v) is 12.9. The predicted octanol–water partition coefficient (Wildman–Crippen LogP) is 8.09. The van der Waals surface area contributed by atoms with E-state index in [4.69, 9.17) is 0 Å². The minimum atomic E-state index is -0.123. The van der Waals surface area contributed by atoms with E-state index in [-0.39, 0.29) is 11.5 Å². The van der Waals surface area contributed by atoms with Crippen molar-refractivity contribution in [3.63, 3.8) is 0 Å². The first-order valence-corrected chi connectivity index (χ1v) is 13.1. The molecule has 0 saturated heterocycles. The maximum absolute atomic E-state index is 10.8. The summed E-state index contributed by atoms with van der Waals surface area (Å²) in [5, 5.41) is 10.8. The predicted molar refractivity (Wildman–Crippen MR) is 128 cm³/mol. The van der Waals surface area contributed by atoms with Crippen LogP contribution in [0.5, 0.6) is 0 Å². The summed E-state index contributed by atoms with van der Waals surface area (Å²) in [7, 11) is 0. The first-order valence-electron chi connectivity index (χ1n) is 13.1. The number of allylic oxidation sites excluding steroid dienone is 4. The highest BCUT2D eigenvalue weighted by Gasteiger charge is 2.59. The van der Waals surface area contributed by atoms with Crippen molar-refractivity contribution in [2.24, 2.45) is 39.9 Å². The molecule has 30 heavy (non-hydrogen) atoms. The lowest BCUT2D eigenvalue weighted by Crippen LogP contribution is -2.53. The van der Waals surface area contributed by atoms with Gasteiger partial charge in [0.25, 0.3) is 0 Å². The monoisotopic (exact) mass is 412 g/mol. The summed E-state index contributed by atoms with van der Waals surface area (Å²) in [6, 6.07) is 0. The molecule has 4 aliphatic rings. The molecule has 7 atom stereocenters. The lowest BCUT2D eigenvalue weighted by atomic mass is 9.45. The van der Waals surface area contributed by atoms with Crippen LogP contribution in [-0.4, -0.2) is 11.2 Å². The number of aliphatic hydroxyl groups is 1. The summed E-state index contributed by atoms with van der Waals surface area (Å²) in [6.45, 7) is 16.9. The third-order valence-corrected chi connectivity index (χ3v) is 10.8. The van der Waals surface area contributed by atoms with Crippen molar-refractivity contribution in [3.05, 3.63) is 22.8 Å². The highest BCUT2D eigenvalue weighted by Crippen LogP contribution is 2.68. The molecule has 1 unspecified atom stereocenters. The average molecular weight is 413 g/mol. The number of rotatable bonds is 4. The van der Waals surface area contributed by atoms with E-state index in [1.54, 1.807) is 0 Å². The third-order valence-electron chi connectivity index (χ3n) is 10.8. The van der Waals surface area contributed by atoms with Gasteiger partial charge in [-0.25, -0.2) is 0 Å². The molecule has 2 fully saturated rings. The van der Waals surface area contributed by atoms with Gasteiger partial charge in [-0.2, -0.15) is 0 Å². The summed E-state index contributed by atoms with van der Waals surface area (Å²) in [6.07, 6.45) is 15.3. The largest absolute Gasteiger partial charge is 0.393 e. The molecular formula is C29H48O. The van der Waals surface area contributed by atoms with E-state index in [0.29, 0.717) is 16.7 Å². The van der Waals surface area contributed by atoms with Crippen LogP contribution in [0, 0.1) is 39.9 Å². The van der Waals surface area contributed by atoms with Crippen LogP contribution in [-0.2, 0) is 0 Å². The zero-order valence-electron chi connectivity index (χ0n) is 21.0. The average Bonchev–Trinajstić information content (AvgIpc) is 3.02. The van der Waals surface area contributed by atoms with Gasteiger partial charge in [0.1, 0.15) is 0 Å². The van der Waals surface area contributed by atoms with Gasteiger partial charge in [-0.1, -0.05) is 57.4 Å². The van der Waals surface area contributed by atoms with E-state index < -0.39 is 0 Å². The maximum atomic E-state index is 10.8. The molecule has 0 bridgehead atoms. The van der Waals surface area contributed by atoms with Crippen LogP contribution < -0.4 is 0 Å². The summed E-state index contributed by atoms with van der Waals surface area (Å²) in [5.74, 6) is 3.32. The van der Waals surface area contributed by atoms with Crippen LogP contribution in [0.4, 0.5) is 0 Å². The number of hydrogen-bond donors (Lipinski definition) is 1. The standard InChI is InChI=1S/C29H48O/c1-19(2)9-8-10-20(3)21-15-17-28(6)22(21)11-12-24-23(28)13-14-25-27(4,5)26(30)16-18-29(24,25)7/h9,20-22,25-26,30H,8,10-18H2,1-7H3/t20-,21-,22-,25+,26?,28-,29-/m1/s1. The van der Waals surface area contributed by atoms with Gasteiger partial charge < -0.3 is 5.11 Å². The van der Waals surface area contributed by atoms with E-state index >= 15 is 0 Å². The van der Waals surface area contributed by atoms with Crippen molar-refractivity contribution in [2.75, 3.05) is 0 Å². The fourth-order valence-electron chi connectivity index (χ4n) is 9.00. The van der Waals surface area contributed by atoms with Crippen LogP contribution in [0.25, 0.3) is 0 Å². The smallest absolute Gasteiger partial charge is 0.0594 e. The van der Waals surface area contributed by atoms with Crippen LogP contribution in [0.1, 0.15) is 113 Å². The summed E-state index contributed by atoms with van der Waals surface area (Å²) in [5.41, 5.74) is 6.06. The molecule has 1 N–H and O–H groups in total. The van der Waals surface area contributed by atoms with E-state index in [9.17, 15) is 5.11 Å². The van der Waals surface area contributed by atoms with Gasteiger partial charge in [0.05, 0.1) is 6.10 Å². The molecule has 4 aliphatic carbocycles. The quantitative estimate of drug-likeness (QED) is 0.462. The van der Waals surface area contributed by atoms with Crippen LogP contribution >= 0.6 is 0 Å². The second kappa shape index (κ2) is 7.79. The Morgan fingerprint density at radius 1 is 0.967 bits per heavy atom.